The fourth-order valence-electron chi connectivity index (χ4n) is 4.76. The zero-order valence-electron chi connectivity index (χ0n) is 13.8. The van der Waals surface area contributed by atoms with E-state index in [9.17, 15) is 4.39 Å². The normalized spacial score (nSPS) is 35.6. The highest BCUT2D eigenvalue weighted by Crippen LogP contribution is 2.43. The SMILES string of the molecule is CCCCC1CCC(C2CCC(CC(F)CI)CC2)CC1. The van der Waals surface area contributed by atoms with E-state index < -0.39 is 6.17 Å². The van der Waals surface area contributed by atoms with E-state index in [1.807, 2.05) is 0 Å². The van der Waals surface area contributed by atoms with Gasteiger partial charge in [0.25, 0.3) is 0 Å². The topological polar surface area (TPSA) is 0 Å². The lowest BCUT2D eigenvalue weighted by molar-refractivity contribution is 0.132. The van der Waals surface area contributed by atoms with Crippen molar-refractivity contribution >= 4 is 22.6 Å². The third kappa shape index (κ3) is 5.99. The minimum atomic E-state index is -0.554. The van der Waals surface area contributed by atoms with E-state index in [1.54, 1.807) is 0 Å². The predicted octanol–water partition coefficient (Wildman–Crippen LogP) is 6.95. The van der Waals surface area contributed by atoms with Crippen molar-refractivity contribution in [1.82, 2.24) is 0 Å². The molecule has 0 nitrogen and oxygen atoms in total. The van der Waals surface area contributed by atoms with Gasteiger partial charge >= 0.3 is 0 Å². The molecule has 2 heteroatoms. The van der Waals surface area contributed by atoms with Crippen molar-refractivity contribution in [2.75, 3.05) is 4.43 Å². The third-order valence-corrected chi connectivity index (χ3v) is 7.13. The minimum Gasteiger partial charge on any atom is -0.247 e. The summed E-state index contributed by atoms with van der Waals surface area (Å²) in [5.41, 5.74) is 0. The number of halogens is 2. The maximum absolute atomic E-state index is 13.5. The van der Waals surface area contributed by atoms with Crippen LogP contribution >= 0.6 is 22.6 Å². The lowest BCUT2D eigenvalue weighted by Crippen LogP contribution is -2.26. The molecule has 1 atom stereocenters. The maximum atomic E-state index is 13.5. The largest absolute Gasteiger partial charge is 0.247 e. The Labute approximate surface area is 145 Å². The lowest BCUT2D eigenvalue weighted by atomic mass is 9.68. The highest BCUT2D eigenvalue weighted by molar-refractivity contribution is 14.1. The van der Waals surface area contributed by atoms with Gasteiger partial charge in [-0.25, -0.2) is 4.39 Å². The van der Waals surface area contributed by atoms with E-state index in [1.165, 1.54) is 70.6 Å². The number of hydrogen-bond acceptors (Lipinski definition) is 0. The first-order valence-corrected chi connectivity index (χ1v) is 11.0. The average molecular weight is 408 g/mol. The van der Waals surface area contributed by atoms with Gasteiger partial charge in [-0.15, -0.1) is 0 Å². The molecular weight excluding hydrogens is 374 g/mol. The molecule has 2 saturated carbocycles. The molecule has 0 bridgehead atoms. The fraction of sp³-hybridized carbons (Fsp3) is 1.00. The molecule has 21 heavy (non-hydrogen) atoms. The summed E-state index contributed by atoms with van der Waals surface area (Å²) in [6, 6.07) is 0. The highest BCUT2D eigenvalue weighted by Gasteiger charge is 2.31. The van der Waals surface area contributed by atoms with Crippen LogP contribution in [0.3, 0.4) is 0 Å². The summed E-state index contributed by atoms with van der Waals surface area (Å²) >= 11 is 2.19. The molecule has 0 aliphatic heterocycles. The smallest absolute Gasteiger partial charge is 0.109 e. The van der Waals surface area contributed by atoms with Gasteiger partial charge in [0.15, 0.2) is 0 Å². The summed E-state index contributed by atoms with van der Waals surface area (Å²) in [7, 11) is 0. The summed E-state index contributed by atoms with van der Waals surface area (Å²) in [4.78, 5) is 0. The van der Waals surface area contributed by atoms with Gasteiger partial charge in [0.1, 0.15) is 6.17 Å². The molecule has 0 radical (unpaired) electrons. The molecule has 0 aromatic heterocycles. The zero-order valence-corrected chi connectivity index (χ0v) is 16.0. The van der Waals surface area contributed by atoms with Crippen LogP contribution in [0.5, 0.6) is 0 Å². The molecule has 2 fully saturated rings. The number of unbranched alkanes of at least 4 members (excludes halogenated alkanes) is 1. The second-order valence-electron chi connectivity index (χ2n) is 7.69. The first kappa shape index (κ1) is 18.0. The van der Waals surface area contributed by atoms with Gasteiger partial charge in [-0.1, -0.05) is 74.5 Å². The van der Waals surface area contributed by atoms with Crippen molar-refractivity contribution in [3.05, 3.63) is 0 Å². The quantitative estimate of drug-likeness (QED) is 0.316. The van der Waals surface area contributed by atoms with Crippen molar-refractivity contribution in [2.45, 2.75) is 90.1 Å². The van der Waals surface area contributed by atoms with Gasteiger partial charge in [-0.05, 0) is 55.8 Å². The van der Waals surface area contributed by atoms with Gasteiger partial charge in [-0.2, -0.15) is 0 Å². The molecule has 0 N–H and O–H groups in total. The Morgan fingerprint density at radius 2 is 1.43 bits per heavy atom. The van der Waals surface area contributed by atoms with Gasteiger partial charge in [0.05, 0.1) is 0 Å². The fourth-order valence-corrected chi connectivity index (χ4v) is 5.12. The maximum Gasteiger partial charge on any atom is 0.109 e. The Balaban J connectivity index is 1.64. The van der Waals surface area contributed by atoms with Crippen molar-refractivity contribution in [3.63, 3.8) is 0 Å². The molecule has 2 aliphatic carbocycles. The molecule has 0 spiro atoms. The Kier molecular flexibility index (Phi) is 8.34. The summed E-state index contributed by atoms with van der Waals surface area (Å²) in [6.45, 7) is 2.31. The monoisotopic (exact) mass is 408 g/mol. The highest BCUT2D eigenvalue weighted by atomic mass is 127. The average Bonchev–Trinajstić information content (AvgIpc) is 2.54. The zero-order chi connectivity index (χ0) is 15.1. The van der Waals surface area contributed by atoms with Crippen LogP contribution in [0.15, 0.2) is 0 Å². The predicted molar refractivity (Wildman–Crippen MR) is 98.8 cm³/mol. The standard InChI is InChI=1S/C19H34FI/c1-2-3-4-15-5-9-17(10-6-15)18-11-7-16(8-12-18)13-19(20)14-21/h15-19H,2-14H2,1H3. The third-order valence-electron chi connectivity index (χ3n) is 6.17. The Bertz CT molecular complexity index is 265. The van der Waals surface area contributed by atoms with Crippen LogP contribution in [0.1, 0.15) is 84.0 Å². The molecule has 0 aromatic rings. The van der Waals surface area contributed by atoms with Crippen LogP contribution < -0.4 is 0 Å². The summed E-state index contributed by atoms with van der Waals surface area (Å²) < 4.78 is 14.2. The van der Waals surface area contributed by atoms with Crippen LogP contribution in [0.2, 0.25) is 0 Å². The second-order valence-corrected chi connectivity index (χ2v) is 8.57. The number of hydrogen-bond donors (Lipinski definition) is 0. The number of alkyl halides is 2. The molecule has 0 heterocycles. The first-order valence-electron chi connectivity index (χ1n) is 9.42. The Morgan fingerprint density at radius 1 is 0.905 bits per heavy atom. The number of rotatable bonds is 7. The van der Waals surface area contributed by atoms with E-state index >= 15 is 0 Å². The van der Waals surface area contributed by atoms with Gasteiger partial charge in [-0.3, -0.25) is 0 Å². The van der Waals surface area contributed by atoms with Gasteiger partial charge < -0.3 is 0 Å². The van der Waals surface area contributed by atoms with Crippen LogP contribution in [-0.2, 0) is 0 Å². The van der Waals surface area contributed by atoms with Crippen molar-refractivity contribution in [1.29, 1.82) is 0 Å². The van der Waals surface area contributed by atoms with E-state index in [4.69, 9.17) is 0 Å². The van der Waals surface area contributed by atoms with Gasteiger partial charge in [0, 0.05) is 4.43 Å². The van der Waals surface area contributed by atoms with E-state index in [-0.39, 0.29) is 0 Å². The molecule has 0 amide bonds. The summed E-state index contributed by atoms with van der Waals surface area (Å²) in [5, 5.41) is 0. The van der Waals surface area contributed by atoms with Crippen molar-refractivity contribution in [3.8, 4) is 0 Å². The van der Waals surface area contributed by atoms with E-state index in [2.05, 4.69) is 29.5 Å². The Morgan fingerprint density at radius 3 is 1.90 bits per heavy atom. The molecule has 124 valence electrons. The molecule has 2 aliphatic rings. The van der Waals surface area contributed by atoms with Crippen LogP contribution in [0.4, 0.5) is 4.39 Å². The van der Waals surface area contributed by atoms with Gasteiger partial charge in [0.2, 0.25) is 0 Å². The molecule has 0 saturated heterocycles. The van der Waals surface area contributed by atoms with Crippen molar-refractivity contribution < 1.29 is 4.39 Å². The van der Waals surface area contributed by atoms with Crippen LogP contribution in [0.25, 0.3) is 0 Å². The molecule has 1 unspecified atom stereocenters. The summed E-state index contributed by atoms with van der Waals surface area (Å²) in [6.07, 6.45) is 15.9. The second kappa shape index (κ2) is 9.72. The minimum absolute atomic E-state index is 0.554. The van der Waals surface area contributed by atoms with Crippen LogP contribution in [0, 0.1) is 23.7 Å². The van der Waals surface area contributed by atoms with Crippen molar-refractivity contribution in [2.24, 2.45) is 23.7 Å². The van der Waals surface area contributed by atoms with E-state index in [0.717, 1.165) is 24.2 Å². The lowest BCUT2D eigenvalue weighted by Gasteiger charge is -2.38. The van der Waals surface area contributed by atoms with Crippen LogP contribution in [-0.4, -0.2) is 10.6 Å². The molecule has 2 rings (SSSR count). The molecule has 0 aromatic carbocycles. The van der Waals surface area contributed by atoms with E-state index in [0.29, 0.717) is 10.3 Å². The Hall–Kier alpha value is 0.660. The first-order chi connectivity index (χ1) is 10.2. The summed E-state index contributed by atoms with van der Waals surface area (Å²) in [5.74, 6) is 3.71. The molecular formula is C19H34FI.